The van der Waals surface area contributed by atoms with E-state index in [-0.39, 0.29) is 54.8 Å². The van der Waals surface area contributed by atoms with E-state index in [1.54, 1.807) is 100 Å². The number of aromatic amines is 1. The van der Waals surface area contributed by atoms with Gasteiger partial charge in [-0.25, -0.2) is 0 Å². The molecule has 0 fully saturated rings. The number of fused-ring (bicyclic) bond motifs is 5. The van der Waals surface area contributed by atoms with Crippen molar-refractivity contribution in [3.63, 3.8) is 0 Å². The van der Waals surface area contributed by atoms with Gasteiger partial charge in [0, 0.05) is 209 Å². The van der Waals surface area contributed by atoms with Gasteiger partial charge >= 0.3 is 30.9 Å². The van der Waals surface area contributed by atoms with Crippen LogP contribution in [0.25, 0.3) is 65.8 Å². The molecule has 6 amide bonds. The summed E-state index contributed by atoms with van der Waals surface area (Å²) in [5.74, 6) is -1.28. The first-order valence-electron chi connectivity index (χ1n) is 42.0. The van der Waals surface area contributed by atoms with Gasteiger partial charge in [-0.15, -0.1) is 0 Å². The van der Waals surface area contributed by atoms with Crippen LogP contribution in [0.15, 0.2) is 280 Å². The number of anilines is 5. The molecule has 720 valence electrons. The van der Waals surface area contributed by atoms with Crippen molar-refractivity contribution in [1.29, 1.82) is 0 Å². The summed E-state index contributed by atoms with van der Waals surface area (Å²) < 4.78 is 209. The molecule has 16 aromatic rings. The first-order chi connectivity index (χ1) is 64.9. The van der Waals surface area contributed by atoms with E-state index in [0.717, 1.165) is 132 Å². The number of nitrogens with one attached hydrogen (secondary N) is 6. The number of benzene rings is 10. The number of hydrogen-bond acceptors (Lipinski definition) is 11. The van der Waals surface area contributed by atoms with Gasteiger partial charge < -0.3 is 75.2 Å². The molecule has 0 saturated heterocycles. The highest BCUT2D eigenvalue weighted by Gasteiger charge is 2.72. The largest absolute Gasteiger partial charge is 0.430 e. The van der Waals surface area contributed by atoms with Crippen LogP contribution in [0.4, 0.5) is 94.3 Å². The van der Waals surface area contributed by atoms with E-state index in [2.05, 4.69) is 82.4 Å². The number of hydrogen-bond donors (Lipinski definition) is 10. The van der Waals surface area contributed by atoms with Gasteiger partial charge in [-0.1, -0.05) is 109 Å². The van der Waals surface area contributed by atoms with E-state index in [4.69, 9.17) is 10.5 Å². The molecule has 1 unspecified atom stereocenters. The molecule has 6 aromatic heterocycles. The van der Waals surface area contributed by atoms with Crippen molar-refractivity contribution in [2.24, 2.45) is 5.73 Å². The molecule has 0 spiro atoms. The van der Waals surface area contributed by atoms with Crippen LogP contribution in [-0.4, -0.2) is 128 Å². The number of carbonyl (C=O) groups is 6. The number of methoxy groups -OCH3 is 1. The summed E-state index contributed by atoms with van der Waals surface area (Å²) in [6.45, 7) is 10.8. The molecule has 6 heterocycles. The lowest BCUT2D eigenvalue weighted by atomic mass is 9.91. The van der Waals surface area contributed by atoms with Crippen LogP contribution < -0.4 is 32.3 Å². The summed E-state index contributed by atoms with van der Waals surface area (Å²) in [5, 5.41) is 54.2. The van der Waals surface area contributed by atoms with E-state index < -0.39 is 64.7 Å². The van der Waals surface area contributed by atoms with Crippen molar-refractivity contribution in [3.8, 4) is 11.3 Å². The number of alkyl halides is 15. The number of aryl methyl sites for hydroxylation is 1. The lowest BCUT2D eigenvalue weighted by Gasteiger charge is -2.32. The molecular formula is C100H90F15N13O10. The normalized spacial score (nSPS) is 12.4. The third-order valence-electron chi connectivity index (χ3n) is 22.1. The number of H-pyrrole nitrogens is 1. The van der Waals surface area contributed by atoms with Crippen LogP contribution in [0.2, 0.25) is 0 Å². The van der Waals surface area contributed by atoms with E-state index in [1.165, 1.54) is 52.5 Å². The van der Waals surface area contributed by atoms with Crippen LogP contribution in [-0.2, 0) is 78.2 Å². The van der Waals surface area contributed by atoms with E-state index >= 15 is 0 Å². The SMILES string of the molecule is CC(=O)Nc1ccc2c(ccn2Cc2ccc(-c3cc(C)[nH]n3)cc2)c1.CC(=O)Nc1ccc2c(ccn2Cc2ccc(C(C)(O)C(F)(F)F)cc2)c1.CC(=O)Nc1ccc2c(ccn2Cc2ccc(C(N)=O)cc2)c1.CC(=O)Nc1ccc2c(ccn2Cc2ccc(C(O)(C(F)(F)F)C(F)(F)F)cc2)c1.COCC(=O)Nc1ccc2c(ccn2Cc2ccc(C(O)(C(F)(F)F)C(F)(F)F)cc2)c1. The highest BCUT2D eigenvalue weighted by Crippen LogP contribution is 2.52. The predicted molar refractivity (Wildman–Crippen MR) is 494 cm³/mol. The zero-order valence-corrected chi connectivity index (χ0v) is 74.4. The Hall–Kier alpha value is -15.3. The van der Waals surface area contributed by atoms with Crippen molar-refractivity contribution in [2.45, 2.75) is 122 Å². The third-order valence-corrected chi connectivity index (χ3v) is 22.1. The number of amides is 6. The predicted octanol–water partition coefficient (Wildman–Crippen LogP) is 21.1. The molecule has 11 N–H and O–H groups in total. The van der Waals surface area contributed by atoms with Crippen LogP contribution in [0.1, 0.15) is 95.2 Å². The first kappa shape index (κ1) is 102. The third kappa shape index (κ3) is 24.1. The molecule has 0 aliphatic rings. The number of halogens is 15. The number of aromatic nitrogens is 7. The molecular weight excluding hydrogens is 1830 g/mol. The highest BCUT2D eigenvalue weighted by atomic mass is 19.4. The van der Waals surface area contributed by atoms with Gasteiger partial charge in [0.2, 0.25) is 35.4 Å². The molecule has 38 heteroatoms. The molecule has 1 atom stereocenters. The summed E-state index contributed by atoms with van der Waals surface area (Å²) in [5.41, 5.74) is 5.37. The number of primary amides is 1. The van der Waals surface area contributed by atoms with Gasteiger partial charge in [0.1, 0.15) is 6.61 Å². The number of nitrogens with zero attached hydrogens (tertiary/aromatic N) is 6. The lowest BCUT2D eigenvalue weighted by molar-refractivity contribution is -0.376. The van der Waals surface area contributed by atoms with Gasteiger partial charge in [-0.3, -0.25) is 33.9 Å². The average molecular weight is 1920 g/mol. The fraction of sp³-hybridized carbons (Fsp3) is 0.210. The number of ether oxygens (including phenoxy) is 1. The zero-order valence-electron chi connectivity index (χ0n) is 74.4. The maximum atomic E-state index is 13.0. The van der Waals surface area contributed by atoms with E-state index in [1.807, 2.05) is 103 Å². The van der Waals surface area contributed by atoms with Gasteiger partial charge in [0.05, 0.1) is 5.69 Å². The molecule has 0 radical (unpaired) electrons. The molecule has 0 aliphatic carbocycles. The smallest absolute Gasteiger partial charge is 0.376 e. The van der Waals surface area contributed by atoms with E-state index in [9.17, 15) is 110 Å². The first-order valence-corrected chi connectivity index (χ1v) is 42.0. The quantitative estimate of drug-likeness (QED) is 0.0284. The highest BCUT2D eigenvalue weighted by molar-refractivity contribution is 5.98. The number of rotatable bonds is 22. The second kappa shape index (κ2) is 41.5. The van der Waals surface area contributed by atoms with Gasteiger partial charge in [0.25, 0.3) is 11.2 Å². The summed E-state index contributed by atoms with van der Waals surface area (Å²) in [7, 11) is 1.39. The Morgan fingerprint density at radius 1 is 0.348 bits per heavy atom. The van der Waals surface area contributed by atoms with Crippen LogP contribution in [0.3, 0.4) is 0 Å². The molecule has 0 bridgehead atoms. The summed E-state index contributed by atoms with van der Waals surface area (Å²) >= 11 is 0. The summed E-state index contributed by atoms with van der Waals surface area (Å²) in [6, 6.07) is 67.5. The fourth-order valence-electron chi connectivity index (χ4n) is 15.1. The topological polar surface area (TPSA) is 312 Å². The molecule has 0 saturated carbocycles. The van der Waals surface area contributed by atoms with Crippen LogP contribution in [0.5, 0.6) is 0 Å². The van der Waals surface area contributed by atoms with Crippen LogP contribution >= 0.6 is 0 Å². The molecule has 10 aromatic carbocycles. The number of aliphatic hydroxyl groups is 3. The standard InChI is InChI=1S/C21H18F6N2O3.C21H20N4O.C20H16F6N2O2.C20H19F3N2O2.C18H17N3O2/c1-32-12-18(30)28-16-6-7-17-14(10-16)8-9-29(17)11-13-2-4-15(5-3-13)19(31,20(22,23)24)21(25,26)27;1-14-11-20(24-23-14)17-5-3-16(4-6-17)13-25-10-9-18-12-19(22-15(2)26)7-8-21(18)25;1-12(29)27-16-6-7-17-14(10-16)8-9-28(17)11-13-2-4-15(5-3-13)18(30,19(21,22)23)20(24,25)26;1-13(26)24-17-7-8-18-15(11-17)9-10-25(18)12-14-3-5-16(6-4-14)19(2,27)20(21,22)23;1-12(22)20-16-6-7-17-15(10-16)8-9-21(17)11-13-2-4-14(5-3-13)18(19)23/h2-10,31H,11-12H2,1H3,(H,28,30);3-12H,13H2,1-2H3,(H,22,26)(H,23,24);2-10,30H,11H2,1H3,(H,27,29);3-11,27H,12H2,1-2H3,(H,24,26);2-10H,11H2,1H3,(H2,19,23)(H,20,22). The summed E-state index contributed by atoms with van der Waals surface area (Å²) in [6.07, 6.45) is -19.1. The molecule has 23 nitrogen and oxygen atoms in total. The van der Waals surface area contributed by atoms with Crippen LogP contribution in [0, 0.1) is 6.92 Å². The van der Waals surface area contributed by atoms with Crippen molar-refractivity contribution < 1.29 is 115 Å². The second-order valence-electron chi connectivity index (χ2n) is 32.6. The molecule has 0 aliphatic heterocycles. The number of nitrogens with two attached hydrogens (primary N) is 1. The number of carbonyl (C=O) groups excluding carboxylic acids is 6. The maximum absolute atomic E-state index is 13.0. The Labute approximate surface area is 777 Å². The Bertz CT molecular complexity index is 7020. The van der Waals surface area contributed by atoms with Gasteiger partial charge in [-0.05, 0) is 187 Å². The minimum Gasteiger partial charge on any atom is -0.376 e. The Morgan fingerprint density at radius 2 is 0.601 bits per heavy atom. The van der Waals surface area contributed by atoms with Crippen molar-refractivity contribution >= 4 is 118 Å². The monoisotopic (exact) mass is 1920 g/mol. The minimum absolute atomic E-state index is 0.0593. The van der Waals surface area contributed by atoms with Crippen molar-refractivity contribution in [1.82, 2.24) is 33.0 Å². The average Bonchev–Trinajstić information content (AvgIpc) is 0.928. The molecule has 16 rings (SSSR count). The molecule has 138 heavy (non-hydrogen) atoms. The Morgan fingerprint density at radius 3 is 0.833 bits per heavy atom. The fourth-order valence-corrected chi connectivity index (χ4v) is 15.1. The van der Waals surface area contributed by atoms with Gasteiger partial charge in [-0.2, -0.15) is 71.0 Å². The van der Waals surface area contributed by atoms with Gasteiger partial charge in [0.15, 0.2) is 5.60 Å². The lowest BCUT2D eigenvalue weighted by Crippen LogP contribution is -2.53. The van der Waals surface area contributed by atoms with E-state index in [0.29, 0.717) is 71.1 Å². The van der Waals surface area contributed by atoms with Crippen molar-refractivity contribution in [2.75, 3.05) is 40.3 Å². The zero-order chi connectivity index (χ0) is 100. The summed E-state index contributed by atoms with van der Waals surface area (Å²) in [4.78, 5) is 67.3. The second-order valence-corrected chi connectivity index (χ2v) is 32.6. The Balaban J connectivity index is 0.000000155. The maximum Gasteiger partial charge on any atom is 0.430 e. The Kier molecular flexibility index (Phi) is 30.6. The van der Waals surface area contributed by atoms with Crippen molar-refractivity contribution in [3.05, 3.63) is 335 Å². The minimum atomic E-state index is -5.93.